The van der Waals surface area contributed by atoms with Crippen LogP contribution in [0.1, 0.15) is 5.69 Å². The average Bonchev–Trinajstić information content (AvgIpc) is 3.14. The normalized spacial score (nSPS) is 14.8. The van der Waals surface area contributed by atoms with Gasteiger partial charge in [0, 0.05) is 28.4 Å². The molecule has 124 valence electrons. The second-order valence-electron chi connectivity index (χ2n) is 5.70. The van der Waals surface area contributed by atoms with Crippen molar-refractivity contribution in [2.75, 3.05) is 13.2 Å². The number of halogens is 2. The summed E-state index contributed by atoms with van der Waals surface area (Å²) in [6.07, 6.45) is 3.53. The summed E-state index contributed by atoms with van der Waals surface area (Å²) in [6, 6.07) is 3.67. The largest absolute Gasteiger partial charge is 0.380 e. The number of rotatable bonds is 4. The number of H-pyrrole nitrogens is 2. The van der Waals surface area contributed by atoms with Gasteiger partial charge in [-0.3, -0.25) is 9.89 Å². The van der Waals surface area contributed by atoms with Crippen LogP contribution in [0.2, 0.25) is 10.0 Å². The van der Waals surface area contributed by atoms with Gasteiger partial charge >= 0.3 is 0 Å². The molecule has 1 fully saturated rings. The van der Waals surface area contributed by atoms with Crippen LogP contribution in [0.15, 0.2) is 24.5 Å². The predicted molar refractivity (Wildman–Crippen MR) is 92.1 cm³/mol. The molecule has 2 aromatic heterocycles. The number of amides is 1. The highest BCUT2D eigenvalue weighted by Gasteiger charge is 2.26. The Morgan fingerprint density at radius 1 is 1.38 bits per heavy atom. The van der Waals surface area contributed by atoms with E-state index in [0.29, 0.717) is 29.8 Å². The zero-order valence-corrected chi connectivity index (χ0v) is 14.0. The number of benzene rings is 1. The summed E-state index contributed by atoms with van der Waals surface area (Å²) < 4.78 is 5.05. The lowest BCUT2D eigenvalue weighted by Crippen LogP contribution is -2.42. The molecule has 24 heavy (non-hydrogen) atoms. The van der Waals surface area contributed by atoms with Crippen molar-refractivity contribution in [3.05, 3.63) is 40.3 Å². The third-order valence-corrected chi connectivity index (χ3v) is 4.98. The summed E-state index contributed by atoms with van der Waals surface area (Å²) in [5, 5.41) is 11.6. The number of fused-ring (bicyclic) bond motifs is 1. The van der Waals surface area contributed by atoms with E-state index in [1.165, 1.54) is 0 Å². The van der Waals surface area contributed by atoms with Crippen LogP contribution in [-0.2, 0) is 16.1 Å². The van der Waals surface area contributed by atoms with Gasteiger partial charge in [0.15, 0.2) is 0 Å². The van der Waals surface area contributed by atoms with Crippen LogP contribution in [0.3, 0.4) is 0 Å². The van der Waals surface area contributed by atoms with Crippen molar-refractivity contribution >= 4 is 40.0 Å². The van der Waals surface area contributed by atoms with E-state index in [0.717, 1.165) is 27.7 Å². The number of carbonyl (C=O) groups excluding carboxylic acids is 1. The SMILES string of the molecule is O=C(NCc1[nH]c2c(Cl)c(Cl)ccc2c1-c1cn[nH]c1)C1COC1. The summed E-state index contributed by atoms with van der Waals surface area (Å²) in [5.41, 5.74) is 3.46. The second-order valence-corrected chi connectivity index (χ2v) is 6.49. The van der Waals surface area contributed by atoms with Gasteiger partial charge in [0.2, 0.25) is 5.91 Å². The van der Waals surface area contributed by atoms with E-state index in [1.807, 2.05) is 6.07 Å². The molecule has 0 radical (unpaired) electrons. The first-order valence-corrected chi connectivity index (χ1v) is 8.24. The zero-order valence-electron chi connectivity index (χ0n) is 12.5. The fraction of sp³-hybridized carbons (Fsp3) is 0.250. The highest BCUT2D eigenvalue weighted by molar-refractivity contribution is 6.45. The summed E-state index contributed by atoms with van der Waals surface area (Å²) >= 11 is 12.4. The van der Waals surface area contributed by atoms with Crippen LogP contribution >= 0.6 is 23.2 Å². The molecule has 3 aromatic rings. The summed E-state index contributed by atoms with van der Waals surface area (Å²) in [6.45, 7) is 1.32. The zero-order chi connectivity index (χ0) is 16.7. The van der Waals surface area contributed by atoms with Crippen molar-refractivity contribution in [2.24, 2.45) is 5.92 Å². The van der Waals surface area contributed by atoms with Crippen LogP contribution < -0.4 is 5.32 Å². The quantitative estimate of drug-likeness (QED) is 0.664. The summed E-state index contributed by atoms with van der Waals surface area (Å²) in [7, 11) is 0. The smallest absolute Gasteiger partial charge is 0.228 e. The van der Waals surface area contributed by atoms with Gasteiger partial charge in [-0.05, 0) is 6.07 Å². The van der Waals surface area contributed by atoms with E-state index < -0.39 is 0 Å². The Morgan fingerprint density at radius 3 is 2.88 bits per heavy atom. The predicted octanol–water partition coefficient (Wildman–Crippen LogP) is 3.13. The maximum Gasteiger partial charge on any atom is 0.228 e. The molecule has 4 rings (SSSR count). The van der Waals surface area contributed by atoms with Crippen molar-refractivity contribution in [1.82, 2.24) is 20.5 Å². The molecule has 0 unspecified atom stereocenters. The minimum Gasteiger partial charge on any atom is -0.380 e. The number of aromatic nitrogens is 3. The molecule has 0 spiro atoms. The molecule has 1 saturated heterocycles. The highest BCUT2D eigenvalue weighted by atomic mass is 35.5. The van der Waals surface area contributed by atoms with E-state index in [-0.39, 0.29) is 11.8 Å². The van der Waals surface area contributed by atoms with Crippen LogP contribution in [0.25, 0.3) is 22.0 Å². The van der Waals surface area contributed by atoms with E-state index in [4.69, 9.17) is 27.9 Å². The lowest BCUT2D eigenvalue weighted by atomic mass is 10.0. The summed E-state index contributed by atoms with van der Waals surface area (Å²) in [4.78, 5) is 15.3. The number of hydrogen-bond donors (Lipinski definition) is 3. The first-order valence-electron chi connectivity index (χ1n) is 7.48. The molecular weight excluding hydrogens is 351 g/mol. The third-order valence-electron chi connectivity index (χ3n) is 4.18. The van der Waals surface area contributed by atoms with Crippen LogP contribution in [0.5, 0.6) is 0 Å². The molecule has 6 nitrogen and oxygen atoms in total. The molecule has 3 heterocycles. The van der Waals surface area contributed by atoms with Crippen LogP contribution in [0, 0.1) is 5.92 Å². The fourth-order valence-electron chi connectivity index (χ4n) is 2.81. The lowest BCUT2D eigenvalue weighted by molar-refractivity contribution is -0.139. The number of carbonyl (C=O) groups is 1. The maximum absolute atomic E-state index is 12.1. The molecule has 0 saturated carbocycles. The number of aromatic amines is 2. The van der Waals surface area contributed by atoms with Crippen molar-refractivity contribution in [3.8, 4) is 11.1 Å². The Kier molecular flexibility index (Phi) is 3.96. The maximum atomic E-state index is 12.1. The van der Waals surface area contributed by atoms with Gasteiger partial charge in [-0.25, -0.2) is 0 Å². The van der Waals surface area contributed by atoms with Crippen molar-refractivity contribution < 1.29 is 9.53 Å². The van der Waals surface area contributed by atoms with Crippen LogP contribution in [-0.4, -0.2) is 34.3 Å². The van der Waals surface area contributed by atoms with Gasteiger partial charge in [-0.1, -0.05) is 29.3 Å². The molecule has 3 N–H and O–H groups in total. The highest BCUT2D eigenvalue weighted by Crippen LogP contribution is 2.38. The van der Waals surface area contributed by atoms with Crippen molar-refractivity contribution in [1.29, 1.82) is 0 Å². The number of nitrogens with zero attached hydrogens (tertiary/aromatic N) is 1. The Bertz CT molecular complexity index is 901. The van der Waals surface area contributed by atoms with E-state index in [9.17, 15) is 4.79 Å². The Balaban J connectivity index is 1.74. The Morgan fingerprint density at radius 2 is 2.21 bits per heavy atom. The molecule has 1 aliphatic heterocycles. The standard InChI is InChI=1S/C16H14Cl2N4O2/c17-11-2-1-10-13(8-3-20-21-4-8)12(22-15(10)14(11)18)5-19-16(23)9-6-24-7-9/h1-4,9,22H,5-7H2,(H,19,23)(H,20,21). The van der Waals surface area contributed by atoms with Crippen molar-refractivity contribution in [3.63, 3.8) is 0 Å². The molecule has 8 heteroatoms. The number of ether oxygens (including phenoxy) is 1. The van der Waals surface area contributed by atoms with Crippen LogP contribution in [0.4, 0.5) is 0 Å². The third kappa shape index (κ3) is 2.56. The van der Waals surface area contributed by atoms with E-state index in [2.05, 4.69) is 20.5 Å². The fourth-order valence-corrected chi connectivity index (χ4v) is 3.18. The van der Waals surface area contributed by atoms with E-state index >= 15 is 0 Å². The number of nitrogens with one attached hydrogen (secondary N) is 3. The molecule has 1 aromatic carbocycles. The van der Waals surface area contributed by atoms with Gasteiger partial charge in [0.25, 0.3) is 0 Å². The minimum absolute atomic E-state index is 0.0119. The molecule has 1 aliphatic rings. The Hall–Kier alpha value is -2.02. The summed E-state index contributed by atoms with van der Waals surface area (Å²) in [5.74, 6) is -0.0769. The first kappa shape index (κ1) is 15.5. The van der Waals surface area contributed by atoms with Gasteiger partial charge in [0.05, 0.1) is 47.4 Å². The van der Waals surface area contributed by atoms with Gasteiger partial charge in [-0.15, -0.1) is 0 Å². The second kappa shape index (κ2) is 6.12. The molecule has 0 aliphatic carbocycles. The van der Waals surface area contributed by atoms with Gasteiger partial charge in [-0.2, -0.15) is 5.10 Å². The molecule has 0 bridgehead atoms. The van der Waals surface area contributed by atoms with Crippen molar-refractivity contribution in [2.45, 2.75) is 6.54 Å². The Labute approximate surface area is 147 Å². The lowest BCUT2D eigenvalue weighted by Gasteiger charge is -2.24. The van der Waals surface area contributed by atoms with Gasteiger partial charge in [0.1, 0.15) is 0 Å². The monoisotopic (exact) mass is 364 g/mol. The molecule has 0 atom stereocenters. The topological polar surface area (TPSA) is 82.8 Å². The first-order chi connectivity index (χ1) is 11.6. The minimum atomic E-state index is -0.0650. The molecule has 1 amide bonds. The van der Waals surface area contributed by atoms with E-state index in [1.54, 1.807) is 18.5 Å². The van der Waals surface area contributed by atoms with Gasteiger partial charge < -0.3 is 15.0 Å². The number of hydrogen-bond acceptors (Lipinski definition) is 3. The average molecular weight is 365 g/mol. The molecular formula is C16H14Cl2N4O2.